The van der Waals surface area contributed by atoms with E-state index in [2.05, 4.69) is 16.4 Å². The summed E-state index contributed by atoms with van der Waals surface area (Å²) in [6.07, 6.45) is 4.02. The summed E-state index contributed by atoms with van der Waals surface area (Å²) in [5.74, 6) is 0.783. The Labute approximate surface area is 268 Å². The van der Waals surface area contributed by atoms with E-state index in [1.807, 2.05) is 102 Å². The number of anilines is 1. The van der Waals surface area contributed by atoms with E-state index in [4.69, 9.17) is 4.98 Å². The van der Waals surface area contributed by atoms with Crippen molar-refractivity contribution in [2.24, 2.45) is 0 Å². The van der Waals surface area contributed by atoms with E-state index in [-0.39, 0.29) is 23.8 Å². The van der Waals surface area contributed by atoms with Gasteiger partial charge >= 0.3 is 0 Å². The number of carbonyl (C=O) groups excluding carboxylic acids is 3. The Bertz CT molecular complexity index is 1850. The highest BCUT2D eigenvalue weighted by Crippen LogP contribution is 2.33. The van der Waals surface area contributed by atoms with Crippen molar-refractivity contribution in [3.05, 3.63) is 120 Å². The summed E-state index contributed by atoms with van der Waals surface area (Å²) in [6.45, 7) is 1.34. The van der Waals surface area contributed by atoms with Crippen LogP contribution in [0.1, 0.15) is 48.7 Å². The van der Waals surface area contributed by atoms with Crippen molar-refractivity contribution in [3.8, 4) is 11.1 Å². The van der Waals surface area contributed by atoms with Crippen molar-refractivity contribution in [1.82, 2.24) is 19.8 Å². The van der Waals surface area contributed by atoms with Gasteiger partial charge in [-0.05, 0) is 72.2 Å². The second-order valence-electron chi connectivity index (χ2n) is 12.2. The van der Waals surface area contributed by atoms with Crippen LogP contribution < -0.4 is 5.32 Å². The molecule has 0 spiro atoms. The fourth-order valence-corrected chi connectivity index (χ4v) is 6.77. The molecule has 0 saturated carbocycles. The fourth-order valence-electron chi connectivity index (χ4n) is 6.77. The van der Waals surface area contributed by atoms with Gasteiger partial charge in [0.05, 0.1) is 29.9 Å². The SMILES string of the molecule is O=C(Nc1ccc(-c2ccc3nc([C@@H]4CCCN4C(=O)Cc4ccccc4)[nH]c3c2)cc1)[C@@H]1CCCN1C(=O)Cc1ccccc1. The Kier molecular flexibility index (Phi) is 8.33. The molecule has 0 aliphatic carbocycles. The summed E-state index contributed by atoms with van der Waals surface area (Å²) in [7, 11) is 0. The van der Waals surface area contributed by atoms with Crippen LogP contribution in [-0.4, -0.2) is 56.6 Å². The predicted molar refractivity (Wildman–Crippen MR) is 179 cm³/mol. The maximum atomic E-state index is 13.2. The van der Waals surface area contributed by atoms with Crippen LogP contribution in [0.25, 0.3) is 22.2 Å². The van der Waals surface area contributed by atoms with Crippen molar-refractivity contribution >= 4 is 34.4 Å². The minimum Gasteiger partial charge on any atom is -0.340 e. The van der Waals surface area contributed by atoms with Crippen molar-refractivity contribution in [2.45, 2.75) is 50.6 Å². The molecule has 0 bridgehead atoms. The summed E-state index contributed by atoms with van der Waals surface area (Å²) in [6, 6.07) is 32.9. The molecule has 5 aromatic rings. The Hall–Kier alpha value is -5.24. The minimum absolute atomic E-state index is 0.0176. The number of carbonyl (C=O) groups is 3. The largest absolute Gasteiger partial charge is 0.340 e. The molecule has 2 fully saturated rings. The maximum Gasteiger partial charge on any atom is 0.247 e. The van der Waals surface area contributed by atoms with Crippen LogP contribution in [0.15, 0.2) is 103 Å². The number of rotatable bonds is 8. The smallest absolute Gasteiger partial charge is 0.247 e. The Balaban J connectivity index is 1.01. The lowest BCUT2D eigenvalue weighted by molar-refractivity contribution is -0.136. The zero-order valence-electron chi connectivity index (χ0n) is 25.7. The van der Waals surface area contributed by atoms with Crippen LogP contribution in [0, 0.1) is 0 Å². The van der Waals surface area contributed by atoms with E-state index >= 15 is 0 Å². The number of hydrogen-bond acceptors (Lipinski definition) is 4. The summed E-state index contributed by atoms with van der Waals surface area (Å²) in [5.41, 5.74) is 6.50. The van der Waals surface area contributed by atoms with Gasteiger partial charge < -0.3 is 20.1 Å². The van der Waals surface area contributed by atoms with Gasteiger partial charge in [-0.2, -0.15) is 0 Å². The molecule has 7 rings (SSSR count). The molecule has 46 heavy (non-hydrogen) atoms. The molecule has 8 nitrogen and oxygen atoms in total. The predicted octanol–water partition coefficient (Wildman–Crippen LogP) is 6.31. The van der Waals surface area contributed by atoms with E-state index in [1.54, 1.807) is 4.90 Å². The highest BCUT2D eigenvalue weighted by atomic mass is 16.2. The first kappa shape index (κ1) is 29.5. The van der Waals surface area contributed by atoms with E-state index in [1.165, 1.54) is 0 Å². The Morgan fingerprint density at radius 3 is 2.02 bits per heavy atom. The molecular formula is C38H37N5O3. The number of aromatic amines is 1. The number of fused-ring (bicyclic) bond motifs is 1. The van der Waals surface area contributed by atoms with Crippen molar-refractivity contribution in [3.63, 3.8) is 0 Å². The van der Waals surface area contributed by atoms with Gasteiger partial charge in [-0.1, -0.05) is 78.9 Å². The van der Waals surface area contributed by atoms with Crippen molar-refractivity contribution < 1.29 is 14.4 Å². The van der Waals surface area contributed by atoms with Crippen molar-refractivity contribution in [2.75, 3.05) is 18.4 Å². The molecule has 2 aliphatic heterocycles. The quantitative estimate of drug-likeness (QED) is 0.215. The van der Waals surface area contributed by atoms with Gasteiger partial charge in [-0.25, -0.2) is 4.98 Å². The molecule has 0 unspecified atom stereocenters. The van der Waals surface area contributed by atoms with Crippen LogP contribution in [0.3, 0.4) is 0 Å². The molecule has 2 saturated heterocycles. The lowest BCUT2D eigenvalue weighted by atomic mass is 10.0. The second kappa shape index (κ2) is 13.0. The van der Waals surface area contributed by atoms with Crippen LogP contribution in [0.5, 0.6) is 0 Å². The Morgan fingerprint density at radius 2 is 1.33 bits per heavy atom. The molecule has 232 valence electrons. The average molecular weight is 612 g/mol. The highest BCUT2D eigenvalue weighted by Gasteiger charge is 2.34. The summed E-state index contributed by atoms with van der Waals surface area (Å²) < 4.78 is 0. The third kappa shape index (κ3) is 6.29. The first-order valence-electron chi connectivity index (χ1n) is 16.1. The number of hydrogen-bond donors (Lipinski definition) is 2. The van der Waals surface area contributed by atoms with Gasteiger partial charge in [0.1, 0.15) is 11.9 Å². The average Bonchev–Trinajstić information content (AvgIpc) is 3.85. The van der Waals surface area contributed by atoms with E-state index < -0.39 is 6.04 Å². The lowest BCUT2D eigenvalue weighted by Gasteiger charge is -2.24. The summed E-state index contributed by atoms with van der Waals surface area (Å²) in [5, 5.41) is 3.02. The molecule has 8 heteroatoms. The van der Waals surface area contributed by atoms with Gasteiger partial charge in [0, 0.05) is 18.8 Å². The first-order valence-corrected chi connectivity index (χ1v) is 16.1. The molecule has 2 atom stereocenters. The first-order chi connectivity index (χ1) is 22.5. The number of aromatic nitrogens is 2. The van der Waals surface area contributed by atoms with Crippen LogP contribution in [-0.2, 0) is 27.2 Å². The number of nitrogens with zero attached hydrogens (tertiary/aromatic N) is 3. The van der Waals surface area contributed by atoms with Gasteiger partial charge in [-0.3, -0.25) is 14.4 Å². The third-order valence-electron chi connectivity index (χ3n) is 9.15. The van der Waals surface area contributed by atoms with E-state index in [0.717, 1.165) is 64.9 Å². The van der Waals surface area contributed by atoms with Crippen LogP contribution in [0.2, 0.25) is 0 Å². The number of nitrogens with one attached hydrogen (secondary N) is 2. The molecular weight excluding hydrogens is 574 g/mol. The minimum atomic E-state index is -0.461. The number of H-pyrrole nitrogens is 1. The van der Waals surface area contributed by atoms with Gasteiger partial charge in [0.2, 0.25) is 17.7 Å². The third-order valence-corrected chi connectivity index (χ3v) is 9.15. The topological polar surface area (TPSA) is 98.4 Å². The number of likely N-dealkylation sites (tertiary alicyclic amines) is 2. The van der Waals surface area contributed by atoms with Gasteiger partial charge in [0.25, 0.3) is 0 Å². The number of amides is 3. The summed E-state index contributed by atoms with van der Waals surface area (Å²) in [4.78, 5) is 51.4. The molecule has 1 aromatic heterocycles. The molecule has 2 N–H and O–H groups in total. The fraction of sp³-hybridized carbons (Fsp3) is 0.263. The molecule has 4 aromatic carbocycles. The zero-order valence-corrected chi connectivity index (χ0v) is 25.7. The summed E-state index contributed by atoms with van der Waals surface area (Å²) >= 11 is 0. The number of benzene rings is 4. The molecule has 2 aliphatic rings. The standard InChI is InChI=1S/C38H37N5O3/c44-35(23-26-9-3-1-4-10-26)42-21-7-13-33(42)37-40-31-20-17-29(25-32(31)41-37)28-15-18-30(19-16-28)39-38(46)34-14-8-22-43(34)36(45)24-27-11-5-2-6-12-27/h1-6,9-12,15-20,25,33-34H,7-8,13-14,21-24H2,(H,39,46)(H,40,41)/t33-,34-/m0/s1. The monoisotopic (exact) mass is 611 g/mol. The second-order valence-corrected chi connectivity index (χ2v) is 12.2. The molecule has 0 radical (unpaired) electrons. The number of imidazole rings is 1. The van der Waals surface area contributed by atoms with Crippen LogP contribution in [0.4, 0.5) is 5.69 Å². The molecule has 3 heterocycles. The lowest BCUT2D eigenvalue weighted by Crippen LogP contribution is -2.43. The highest BCUT2D eigenvalue weighted by molar-refractivity contribution is 5.98. The van der Waals surface area contributed by atoms with Crippen molar-refractivity contribution in [1.29, 1.82) is 0 Å². The Morgan fingerprint density at radius 1 is 0.717 bits per heavy atom. The molecule has 3 amide bonds. The normalized spacial score (nSPS) is 17.8. The van der Waals surface area contributed by atoms with Gasteiger partial charge in [0.15, 0.2) is 0 Å². The van der Waals surface area contributed by atoms with E-state index in [9.17, 15) is 14.4 Å². The van der Waals surface area contributed by atoms with E-state index in [0.29, 0.717) is 31.5 Å². The zero-order chi connectivity index (χ0) is 31.5. The van der Waals surface area contributed by atoms with Crippen LogP contribution >= 0.6 is 0 Å². The van der Waals surface area contributed by atoms with Gasteiger partial charge in [-0.15, -0.1) is 0 Å². The maximum absolute atomic E-state index is 13.2.